The predicted octanol–water partition coefficient (Wildman–Crippen LogP) is 1.21. The van der Waals surface area contributed by atoms with Gasteiger partial charge in [-0.2, -0.15) is 25.3 Å². The molecule has 0 amide bonds. The van der Waals surface area contributed by atoms with E-state index in [1.54, 1.807) is 0 Å². The van der Waals surface area contributed by atoms with Gasteiger partial charge in [-0.15, -0.1) is 0 Å². The molecule has 0 rings (SSSR count). The van der Waals surface area contributed by atoms with Crippen LogP contribution in [0.25, 0.3) is 0 Å². The fraction of sp³-hybridized carbons (Fsp3) is 1.00. The lowest BCUT2D eigenvalue weighted by molar-refractivity contribution is 0.680. The number of hydrogen-bond donors (Lipinski definition) is 3. The summed E-state index contributed by atoms with van der Waals surface area (Å²) in [5.41, 5.74) is 0. The molecule has 0 fully saturated rings. The standard InChI is InChI=1S/C6H15NS2/c1-5(8)3-7-4-6(2)9/h5-9H,3-4H2,1-2H3. The minimum atomic E-state index is 0.442. The molecule has 0 radical (unpaired) electrons. The normalized spacial score (nSPS) is 17.3. The highest BCUT2D eigenvalue weighted by Gasteiger charge is 1.95. The van der Waals surface area contributed by atoms with Gasteiger partial charge in [-0.25, -0.2) is 0 Å². The van der Waals surface area contributed by atoms with Gasteiger partial charge in [0.05, 0.1) is 0 Å². The van der Waals surface area contributed by atoms with E-state index in [1.807, 2.05) is 0 Å². The first-order chi connectivity index (χ1) is 4.13. The lowest BCUT2D eigenvalue weighted by atomic mass is 10.4. The Bertz CT molecular complexity index is 56.1. The van der Waals surface area contributed by atoms with Crippen LogP contribution in [0.15, 0.2) is 0 Å². The summed E-state index contributed by atoms with van der Waals surface area (Å²) in [6.07, 6.45) is 0. The van der Waals surface area contributed by atoms with Crippen molar-refractivity contribution in [3.8, 4) is 0 Å². The van der Waals surface area contributed by atoms with Gasteiger partial charge in [0.15, 0.2) is 0 Å². The molecule has 9 heavy (non-hydrogen) atoms. The van der Waals surface area contributed by atoms with Crippen molar-refractivity contribution in [2.45, 2.75) is 24.3 Å². The van der Waals surface area contributed by atoms with Gasteiger partial charge in [0.2, 0.25) is 0 Å². The Morgan fingerprint density at radius 2 is 1.44 bits per heavy atom. The van der Waals surface area contributed by atoms with Gasteiger partial charge in [0.25, 0.3) is 0 Å². The summed E-state index contributed by atoms with van der Waals surface area (Å²) in [6, 6.07) is 0. The molecule has 0 saturated heterocycles. The summed E-state index contributed by atoms with van der Waals surface area (Å²) >= 11 is 8.43. The molecule has 0 heterocycles. The van der Waals surface area contributed by atoms with E-state index in [1.165, 1.54) is 0 Å². The van der Waals surface area contributed by atoms with E-state index < -0.39 is 0 Å². The van der Waals surface area contributed by atoms with E-state index >= 15 is 0 Å². The first-order valence-electron chi connectivity index (χ1n) is 3.19. The van der Waals surface area contributed by atoms with Gasteiger partial charge in [-0.3, -0.25) is 0 Å². The molecule has 0 bridgehead atoms. The van der Waals surface area contributed by atoms with E-state index in [2.05, 4.69) is 44.4 Å². The summed E-state index contributed by atoms with van der Waals surface area (Å²) in [7, 11) is 0. The maximum absolute atomic E-state index is 4.21. The minimum Gasteiger partial charge on any atom is -0.315 e. The van der Waals surface area contributed by atoms with Crippen LogP contribution in [0.2, 0.25) is 0 Å². The first-order valence-corrected chi connectivity index (χ1v) is 4.23. The van der Waals surface area contributed by atoms with Crippen LogP contribution in [0.4, 0.5) is 0 Å². The highest BCUT2D eigenvalue weighted by Crippen LogP contribution is 1.91. The fourth-order valence-corrected chi connectivity index (χ4v) is 0.759. The van der Waals surface area contributed by atoms with E-state index in [0.717, 1.165) is 13.1 Å². The lowest BCUT2D eigenvalue weighted by Crippen LogP contribution is -2.26. The van der Waals surface area contributed by atoms with Crippen LogP contribution in [0.3, 0.4) is 0 Å². The SMILES string of the molecule is CC(S)CNCC(C)S. The Morgan fingerprint density at radius 3 is 1.67 bits per heavy atom. The van der Waals surface area contributed by atoms with Crippen molar-refractivity contribution >= 4 is 25.3 Å². The maximum Gasteiger partial charge on any atom is 0.0113 e. The summed E-state index contributed by atoms with van der Waals surface area (Å²) in [6.45, 7) is 6.07. The van der Waals surface area contributed by atoms with Gasteiger partial charge in [-0.05, 0) is 0 Å². The monoisotopic (exact) mass is 165 g/mol. The van der Waals surface area contributed by atoms with Crippen molar-refractivity contribution in [2.24, 2.45) is 0 Å². The predicted molar refractivity (Wildman–Crippen MR) is 49.8 cm³/mol. The molecule has 0 aromatic carbocycles. The van der Waals surface area contributed by atoms with Crippen LogP contribution in [0.5, 0.6) is 0 Å². The summed E-state index contributed by atoms with van der Waals surface area (Å²) in [5.74, 6) is 0. The van der Waals surface area contributed by atoms with Crippen molar-refractivity contribution in [3.05, 3.63) is 0 Å². The smallest absolute Gasteiger partial charge is 0.0113 e. The molecule has 2 unspecified atom stereocenters. The largest absolute Gasteiger partial charge is 0.315 e. The molecule has 0 aromatic rings. The van der Waals surface area contributed by atoms with Crippen LogP contribution in [0.1, 0.15) is 13.8 Å². The van der Waals surface area contributed by atoms with Crippen LogP contribution >= 0.6 is 25.3 Å². The zero-order valence-electron chi connectivity index (χ0n) is 5.96. The second kappa shape index (κ2) is 5.45. The van der Waals surface area contributed by atoms with Crippen molar-refractivity contribution in [1.29, 1.82) is 0 Å². The molecule has 2 atom stereocenters. The Morgan fingerprint density at radius 1 is 1.11 bits per heavy atom. The van der Waals surface area contributed by atoms with E-state index in [0.29, 0.717) is 10.5 Å². The number of nitrogens with one attached hydrogen (secondary N) is 1. The Kier molecular flexibility index (Phi) is 5.84. The lowest BCUT2D eigenvalue weighted by Gasteiger charge is -2.07. The molecule has 1 N–H and O–H groups in total. The average Bonchev–Trinajstić information content (AvgIpc) is 1.63. The van der Waals surface area contributed by atoms with Crippen molar-refractivity contribution in [3.63, 3.8) is 0 Å². The Hall–Kier alpha value is 0.660. The Labute approximate surface area is 68.4 Å². The molecule has 0 spiro atoms. The summed E-state index contributed by atoms with van der Waals surface area (Å²) in [4.78, 5) is 0. The topological polar surface area (TPSA) is 12.0 Å². The molecule has 3 heteroatoms. The molecule has 56 valence electrons. The van der Waals surface area contributed by atoms with Crippen LogP contribution in [-0.4, -0.2) is 23.6 Å². The molecular formula is C6H15NS2. The summed E-state index contributed by atoms with van der Waals surface area (Å²) < 4.78 is 0. The molecule has 0 aromatic heterocycles. The van der Waals surface area contributed by atoms with Gasteiger partial charge >= 0.3 is 0 Å². The third kappa shape index (κ3) is 8.66. The van der Waals surface area contributed by atoms with E-state index in [4.69, 9.17) is 0 Å². The molecule has 1 nitrogen and oxygen atoms in total. The first kappa shape index (κ1) is 9.66. The molecule has 0 aliphatic heterocycles. The average molecular weight is 165 g/mol. The molecular weight excluding hydrogens is 150 g/mol. The van der Waals surface area contributed by atoms with Crippen LogP contribution < -0.4 is 5.32 Å². The Balaban J connectivity index is 2.91. The fourth-order valence-electron chi connectivity index (χ4n) is 0.501. The van der Waals surface area contributed by atoms with Crippen molar-refractivity contribution in [2.75, 3.05) is 13.1 Å². The highest BCUT2D eigenvalue weighted by molar-refractivity contribution is 7.81. The van der Waals surface area contributed by atoms with Crippen LogP contribution in [0, 0.1) is 0 Å². The highest BCUT2D eigenvalue weighted by atomic mass is 32.1. The van der Waals surface area contributed by atoms with Crippen molar-refractivity contribution in [1.82, 2.24) is 5.32 Å². The molecule has 0 saturated carbocycles. The molecule has 0 aliphatic carbocycles. The zero-order valence-corrected chi connectivity index (χ0v) is 7.75. The third-order valence-electron chi connectivity index (χ3n) is 0.879. The molecule has 0 aliphatic rings. The number of hydrogen-bond acceptors (Lipinski definition) is 3. The van der Waals surface area contributed by atoms with Gasteiger partial charge < -0.3 is 5.32 Å². The van der Waals surface area contributed by atoms with E-state index in [9.17, 15) is 0 Å². The second-order valence-corrected chi connectivity index (χ2v) is 4.12. The zero-order chi connectivity index (χ0) is 7.28. The quantitative estimate of drug-likeness (QED) is 0.532. The van der Waals surface area contributed by atoms with Crippen LogP contribution in [-0.2, 0) is 0 Å². The number of thiol groups is 2. The third-order valence-corrected chi connectivity index (χ3v) is 1.24. The van der Waals surface area contributed by atoms with E-state index in [-0.39, 0.29) is 0 Å². The second-order valence-electron chi connectivity index (χ2n) is 2.36. The minimum absolute atomic E-state index is 0.442. The van der Waals surface area contributed by atoms with Crippen molar-refractivity contribution < 1.29 is 0 Å². The van der Waals surface area contributed by atoms with Gasteiger partial charge in [0.1, 0.15) is 0 Å². The summed E-state index contributed by atoms with van der Waals surface area (Å²) in [5, 5.41) is 4.11. The maximum atomic E-state index is 4.21. The van der Waals surface area contributed by atoms with Gasteiger partial charge in [0, 0.05) is 23.6 Å². The van der Waals surface area contributed by atoms with Gasteiger partial charge in [-0.1, -0.05) is 13.8 Å². The number of rotatable bonds is 4.